The first-order valence-corrected chi connectivity index (χ1v) is 5.59. The lowest BCUT2D eigenvalue weighted by molar-refractivity contribution is -0.142. The molecule has 1 heterocycles. The molecule has 0 fully saturated rings. The van der Waals surface area contributed by atoms with Crippen molar-refractivity contribution < 1.29 is 18.3 Å². The van der Waals surface area contributed by atoms with Gasteiger partial charge < -0.3 is 10.5 Å². The van der Waals surface area contributed by atoms with Crippen LogP contribution in [0.5, 0.6) is 0 Å². The first kappa shape index (κ1) is 15.0. The highest BCUT2D eigenvalue weighted by atomic mass is 19.3. The Bertz CT molecular complexity index is 512. The van der Waals surface area contributed by atoms with E-state index in [1.807, 2.05) is 0 Å². The number of hydrogen-bond donors (Lipinski definition) is 1. The number of aromatic nitrogens is 1. The first-order valence-electron chi connectivity index (χ1n) is 5.59. The van der Waals surface area contributed by atoms with E-state index in [0.717, 1.165) is 0 Å². The Morgan fingerprint density at radius 3 is 2.79 bits per heavy atom. The van der Waals surface area contributed by atoms with Crippen LogP contribution in [0, 0.1) is 11.3 Å². The van der Waals surface area contributed by atoms with Gasteiger partial charge in [0.05, 0.1) is 18.6 Å². The number of carbonyl (C=O) groups excluding carboxylic acids is 1. The fraction of sp³-hybridized carbons (Fsp3) is 0.417. The van der Waals surface area contributed by atoms with Crippen LogP contribution in [0.2, 0.25) is 0 Å². The topological polar surface area (TPSA) is 89.0 Å². The molecule has 0 amide bonds. The molecule has 0 saturated carbocycles. The number of halogens is 2. The summed E-state index contributed by atoms with van der Waals surface area (Å²) in [6.45, 7) is 1.72. The van der Waals surface area contributed by atoms with Gasteiger partial charge in [0.25, 0.3) is 6.43 Å². The molecular weight excluding hydrogens is 256 g/mol. The van der Waals surface area contributed by atoms with Crippen LogP contribution in [0.15, 0.2) is 6.20 Å². The second kappa shape index (κ2) is 6.75. The molecule has 1 aromatic heterocycles. The third-order valence-electron chi connectivity index (χ3n) is 2.49. The summed E-state index contributed by atoms with van der Waals surface area (Å²) in [6.07, 6.45) is -2.02. The minimum atomic E-state index is -2.90. The molecule has 0 aliphatic rings. The third kappa shape index (κ3) is 3.45. The number of pyridine rings is 1. The molecule has 0 saturated heterocycles. The zero-order valence-electron chi connectivity index (χ0n) is 10.3. The molecule has 102 valence electrons. The molecule has 0 aliphatic carbocycles. The highest BCUT2D eigenvalue weighted by Crippen LogP contribution is 2.28. The monoisotopic (exact) mass is 269 g/mol. The lowest BCUT2D eigenvalue weighted by Gasteiger charge is -2.13. The van der Waals surface area contributed by atoms with Gasteiger partial charge in [0.2, 0.25) is 0 Å². The Balaban J connectivity index is 3.31. The van der Waals surface area contributed by atoms with Gasteiger partial charge in [0.1, 0.15) is 11.8 Å². The van der Waals surface area contributed by atoms with Crippen molar-refractivity contribution >= 4 is 5.97 Å². The van der Waals surface area contributed by atoms with E-state index >= 15 is 0 Å². The number of hydrogen-bond acceptors (Lipinski definition) is 5. The molecule has 7 heteroatoms. The van der Waals surface area contributed by atoms with Gasteiger partial charge in [0, 0.05) is 12.7 Å². The molecule has 0 atom stereocenters. The van der Waals surface area contributed by atoms with Crippen molar-refractivity contribution in [3.05, 3.63) is 28.6 Å². The Morgan fingerprint density at radius 2 is 2.32 bits per heavy atom. The molecule has 0 spiro atoms. The normalized spacial score (nSPS) is 10.3. The molecule has 1 rings (SSSR count). The number of nitriles is 1. The van der Waals surface area contributed by atoms with Gasteiger partial charge in [-0.2, -0.15) is 5.26 Å². The lowest BCUT2D eigenvalue weighted by atomic mass is 9.98. The van der Waals surface area contributed by atoms with E-state index in [1.165, 1.54) is 6.20 Å². The number of esters is 1. The van der Waals surface area contributed by atoms with Crippen molar-refractivity contribution in [2.24, 2.45) is 5.73 Å². The number of nitrogens with zero attached hydrogens (tertiary/aromatic N) is 2. The Hall–Kier alpha value is -2.07. The molecule has 0 radical (unpaired) electrons. The smallest absolute Gasteiger partial charge is 0.310 e. The second-order valence-corrected chi connectivity index (χ2v) is 3.62. The average Bonchev–Trinajstić information content (AvgIpc) is 2.37. The zero-order valence-corrected chi connectivity index (χ0v) is 10.3. The summed E-state index contributed by atoms with van der Waals surface area (Å²) in [5.41, 5.74) is 4.84. The molecule has 0 aliphatic heterocycles. The SMILES string of the molecule is CCOC(=O)Cc1c(CN)cnc(C#N)c1C(F)F. The predicted octanol–water partition coefficient (Wildman–Crippen LogP) is 1.46. The molecule has 19 heavy (non-hydrogen) atoms. The number of rotatable bonds is 5. The summed E-state index contributed by atoms with van der Waals surface area (Å²) in [5.74, 6) is -0.644. The van der Waals surface area contributed by atoms with E-state index in [0.29, 0.717) is 5.56 Å². The minimum absolute atomic E-state index is 0.0301. The quantitative estimate of drug-likeness (QED) is 0.817. The molecule has 0 unspecified atom stereocenters. The zero-order chi connectivity index (χ0) is 14.4. The van der Waals surface area contributed by atoms with E-state index in [4.69, 9.17) is 15.7 Å². The van der Waals surface area contributed by atoms with Gasteiger partial charge in [0.15, 0.2) is 0 Å². The number of alkyl halides is 2. The van der Waals surface area contributed by atoms with Gasteiger partial charge >= 0.3 is 5.97 Å². The maximum absolute atomic E-state index is 13.0. The third-order valence-corrected chi connectivity index (χ3v) is 2.49. The number of nitrogens with two attached hydrogens (primary N) is 1. The fourth-order valence-electron chi connectivity index (χ4n) is 1.67. The average molecular weight is 269 g/mol. The predicted molar refractivity (Wildman–Crippen MR) is 62.1 cm³/mol. The summed E-state index contributed by atoms with van der Waals surface area (Å²) in [5, 5.41) is 8.80. The van der Waals surface area contributed by atoms with Crippen LogP contribution in [0.25, 0.3) is 0 Å². The van der Waals surface area contributed by atoms with Gasteiger partial charge in [-0.15, -0.1) is 0 Å². The molecule has 0 bridgehead atoms. The van der Waals surface area contributed by atoms with E-state index in [9.17, 15) is 13.6 Å². The largest absolute Gasteiger partial charge is 0.466 e. The maximum atomic E-state index is 13.0. The molecular formula is C12H13F2N3O2. The van der Waals surface area contributed by atoms with E-state index in [-0.39, 0.29) is 25.1 Å². The van der Waals surface area contributed by atoms with Crippen LogP contribution in [-0.4, -0.2) is 17.6 Å². The maximum Gasteiger partial charge on any atom is 0.310 e. The van der Waals surface area contributed by atoms with Crippen LogP contribution in [0.1, 0.15) is 35.7 Å². The minimum Gasteiger partial charge on any atom is -0.466 e. The highest BCUT2D eigenvalue weighted by Gasteiger charge is 2.23. The van der Waals surface area contributed by atoms with Gasteiger partial charge in [-0.1, -0.05) is 0 Å². The highest BCUT2D eigenvalue weighted by molar-refractivity contribution is 5.74. The van der Waals surface area contributed by atoms with Crippen molar-refractivity contribution in [3.63, 3.8) is 0 Å². The Morgan fingerprint density at radius 1 is 1.63 bits per heavy atom. The van der Waals surface area contributed by atoms with E-state index in [2.05, 4.69) is 4.98 Å². The standard InChI is InChI=1S/C12H13F2N3O2/c1-2-19-10(18)3-8-7(4-15)6-17-9(5-16)11(8)12(13)14/h6,12H,2-4,15H2,1H3. The van der Waals surface area contributed by atoms with Gasteiger partial charge in [-0.05, 0) is 18.1 Å². The van der Waals surface area contributed by atoms with Gasteiger partial charge in [-0.25, -0.2) is 13.8 Å². The number of ether oxygens (including phenoxy) is 1. The Labute approximate surface area is 109 Å². The first-order chi connectivity index (χ1) is 9.04. The molecule has 0 aromatic carbocycles. The Kier molecular flexibility index (Phi) is 5.33. The van der Waals surface area contributed by atoms with Crippen molar-refractivity contribution in [2.75, 3.05) is 6.61 Å². The van der Waals surface area contributed by atoms with Crippen LogP contribution in [0.4, 0.5) is 8.78 Å². The van der Waals surface area contributed by atoms with Crippen LogP contribution >= 0.6 is 0 Å². The molecule has 1 aromatic rings. The lowest BCUT2D eigenvalue weighted by Crippen LogP contribution is -2.15. The fourth-order valence-corrected chi connectivity index (χ4v) is 1.67. The van der Waals surface area contributed by atoms with Crippen molar-refractivity contribution in [1.82, 2.24) is 4.98 Å². The van der Waals surface area contributed by atoms with Crippen molar-refractivity contribution in [2.45, 2.75) is 26.3 Å². The summed E-state index contributed by atoms with van der Waals surface area (Å²) in [6, 6.07) is 1.59. The van der Waals surface area contributed by atoms with Gasteiger partial charge in [-0.3, -0.25) is 4.79 Å². The summed E-state index contributed by atoms with van der Waals surface area (Å²) < 4.78 is 30.8. The summed E-state index contributed by atoms with van der Waals surface area (Å²) >= 11 is 0. The summed E-state index contributed by atoms with van der Waals surface area (Å²) in [4.78, 5) is 15.1. The second-order valence-electron chi connectivity index (χ2n) is 3.62. The van der Waals surface area contributed by atoms with Crippen molar-refractivity contribution in [3.8, 4) is 6.07 Å². The van der Waals surface area contributed by atoms with E-state index < -0.39 is 23.7 Å². The van der Waals surface area contributed by atoms with Crippen LogP contribution in [-0.2, 0) is 22.5 Å². The van der Waals surface area contributed by atoms with Crippen LogP contribution in [0.3, 0.4) is 0 Å². The van der Waals surface area contributed by atoms with Crippen molar-refractivity contribution in [1.29, 1.82) is 5.26 Å². The molecule has 2 N–H and O–H groups in total. The summed E-state index contributed by atoms with van der Waals surface area (Å²) in [7, 11) is 0. The van der Waals surface area contributed by atoms with E-state index in [1.54, 1.807) is 13.0 Å². The van der Waals surface area contributed by atoms with Crippen LogP contribution < -0.4 is 5.73 Å². The molecule has 5 nitrogen and oxygen atoms in total. The number of carbonyl (C=O) groups is 1.